The van der Waals surface area contributed by atoms with Crippen LogP contribution in [0.15, 0.2) is 52.2 Å². The Balaban J connectivity index is 0.00000420. The van der Waals surface area contributed by atoms with Gasteiger partial charge in [-0.15, -0.1) is 24.0 Å². The average molecular weight is 530 g/mol. The summed E-state index contributed by atoms with van der Waals surface area (Å²) in [7, 11) is 1.81. The summed E-state index contributed by atoms with van der Waals surface area (Å²) in [6.45, 7) is 5.74. The summed E-state index contributed by atoms with van der Waals surface area (Å²) in [5.41, 5.74) is 0.945. The highest BCUT2D eigenvalue weighted by molar-refractivity contribution is 14.0. The number of thiophene rings is 1. The van der Waals surface area contributed by atoms with Gasteiger partial charge in [0.2, 0.25) is 5.91 Å². The summed E-state index contributed by atoms with van der Waals surface area (Å²) >= 11 is 1.55. The van der Waals surface area contributed by atoms with E-state index in [1.165, 1.54) is 0 Å². The third-order valence-electron chi connectivity index (χ3n) is 4.35. The molecular formula is C21H31IN4O2S. The zero-order valence-corrected chi connectivity index (χ0v) is 20.4. The van der Waals surface area contributed by atoms with Gasteiger partial charge >= 0.3 is 0 Å². The molecule has 1 heterocycles. The summed E-state index contributed by atoms with van der Waals surface area (Å²) in [6.07, 6.45) is 0.370. The molecule has 3 N–H and O–H groups in total. The zero-order chi connectivity index (χ0) is 20.4. The van der Waals surface area contributed by atoms with Gasteiger partial charge in [-0.2, -0.15) is 11.3 Å². The molecule has 0 saturated heterocycles. The number of hydrogen-bond acceptors (Lipinski definition) is 4. The molecule has 6 nitrogen and oxygen atoms in total. The maximum atomic E-state index is 12.3. The summed E-state index contributed by atoms with van der Waals surface area (Å²) in [6, 6.07) is 11.8. The molecule has 0 aliphatic heterocycles. The van der Waals surface area contributed by atoms with Gasteiger partial charge in [0.1, 0.15) is 5.60 Å². The number of carbonyl (C=O) groups excluding carboxylic acids is 1. The van der Waals surface area contributed by atoms with Crippen molar-refractivity contribution < 1.29 is 9.90 Å². The maximum absolute atomic E-state index is 12.3. The molecule has 1 unspecified atom stereocenters. The van der Waals surface area contributed by atoms with Gasteiger partial charge in [-0.25, -0.2) is 4.99 Å². The number of aliphatic hydroxyl groups is 1. The van der Waals surface area contributed by atoms with Gasteiger partial charge < -0.3 is 20.6 Å². The van der Waals surface area contributed by atoms with E-state index in [2.05, 4.69) is 15.6 Å². The molecule has 29 heavy (non-hydrogen) atoms. The van der Waals surface area contributed by atoms with E-state index < -0.39 is 5.60 Å². The number of hydrogen-bond donors (Lipinski definition) is 3. The van der Waals surface area contributed by atoms with Crippen LogP contribution in [-0.4, -0.2) is 48.6 Å². The number of nitrogens with one attached hydrogen (secondary N) is 2. The predicted octanol–water partition coefficient (Wildman–Crippen LogP) is 3.18. The van der Waals surface area contributed by atoms with Crippen LogP contribution in [-0.2, 0) is 16.9 Å². The van der Waals surface area contributed by atoms with Crippen molar-refractivity contribution in [3.8, 4) is 0 Å². The summed E-state index contributed by atoms with van der Waals surface area (Å²) < 4.78 is 0. The molecule has 2 aromatic rings. The Morgan fingerprint density at radius 2 is 1.97 bits per heavy atom. The van der Waals surface area contributed by atoms with Crippen molar-refractivity contribution in [1.82, 2.24) is 15.5 Å². The van der Waals surface area contributed by atoms with Crippen molar-refractivity contribution in [2.45, 2.75) is 32.4 Å². The van der Waals surface area contributed by atoms with E-state index >= 15 is 0 Å². The topological polar surface area (TPSA) is 77.0 Å². The van der Waals surface area contributed by atoms with E-state index in [9.17, 15) is 9.90 Å². The second-order valence-electron chi connectivity index (χ2n) is 6.89. The van der Waals surface area contributed by atoms with Gasteiger partial charge in [0.05, 0.1) is 6.54 Å². The number of amides is 1. The molecule has 0 radical (unpaired) electrons. The number of rotatable bonds is 9. The fraction of sp³-hybridized carbons (Fsp3) is 0.429. The van der Waals surface area contributed by atoms with Crippen LogP contribution in [0.5, 0.6) is 0 Å². The monoisotopic (exact) mass is 530 g/mol. The van der Waals surface area contributed by atoms with E-state index in [1.54, 1.807) is 23.2 Å². The van der Waals surface area contributed by atoms with E-state index in [-0.39, 0.29) is 36.4 Å². The second kappa shape index (κ2) is 12.8. The first-order chi connectivity index (χ1) is 13.4. The molecule has 0 spiro atoms. The van der Waals surface area contributed by atoms with Crippen molar-refractivity contribution in [2.24, 2.45) is 4.99 Å². The Bertz CT molecular complexity index is 751. The molecule has 0 aliphatic rings. The van der Waals surface area contributed by atoms with E-state index in [0.717, 1.165) is 11.1 Å². The Morgan fingerprint density at radius 1 is 1.24 bits per heavy atom. The zero-order valence-electron chi connectivity index (χ0n) is 17.2. The number of guanidine groups is 1. The lowest BCUT2D eigenvalue weighted by Gasteiger charge is -2.21. The number of nitrogens with zero attached hydrogens (tertiary/aromatic N) is 2. The molecule has 8 heteroatoms. The fourth-order valence-corrected chi connectivity index (χ4v) is 3.44. The van der Waals surface area contributed by atoms with E-state index in [0.29, 0.717) is 32.0 Å². The smallest absolute Gasteiger partial charge is 0.224 e. The third-order valence-corrected chi connectivity index (χ3v) is 5.04. The molecule has 1 aromatic heterocycles. The van der Waals surface area contributed by atoms with Gasteiger partial charge in [0.15, 0.2) is 5.96 Å². The molecule has 160 valence electrons. The van der Waals surface area contributed by atoms with Gasteiger partial charge in [-0.05, 0) is 41.8 Å². The van der Waals surface area contributed by atoms with Crippen molar-refractivity contribution in [1.29, 1.82) is 0 Å². The third kappa shape index (κ3) is 8.71. The van der Waals surface area contributed by atoms with Crippen molar-refractivity contribution >= 4 is 47.2 Å². The Labute approximate surface area is 194 Å². The first kappa shape index (κ1) is 25.4. The van der Waals surface area contributed by atoms with Crippen LogP contribution in [0.25, 0.3) is 0 Å². The predicted molar refractivity (Wildman–Crippen MR) is 131 cm³/mol. The molecule has 1 aromatic carbocycles. The molecule has 1 amide bonds. The lowest BCUT2D eigenvalue weighted by molar-refractivity contribution is -0.130. The van der Waals surface area contributed by atoms with Crippen molar-refractivity contribution in [3.63, 3.8) is 0 Å². The van der Waals surface area contributed by atoms with Gasteiger partial charge in [-0.3, -0.25) is 4.79 Å². The standard InChI is InChI=1S/C21H30N4O2S.HI/c1-4-22-20(24-16-21(2,27)18-11-13-28-15-18)23-12-10-19(26)25(3)14-17-8-6-5-7-9-17;/h5-9,11,13,15,27H,4,10,12,14,16H2,1-3H3,(H2,22,23,24);1H. The lowest BCUT2D eigenvalue weighted by Crippen LogP contribution is -2.40. The highest BCUT2D eigenvalue weighted by Crippen LogP contribution is 2.23. The minimum Gasteiger partial charge on any atom is -0.383 e. The van der Waals surface area contributed by atoms with Gasteiger partial charge in [-0.1, -0.05) is 30.3 Å². The molecule has 0 fully saturated rings. The fourth-order valence-electron chi connectivity index (χ4n) is 2.66. The SMILES string of the molecule is CCNC(=NCC(C)(O)c1ccsc1)NCCC(=O)N(C)Cc1ccccc1.I. The molecule has 2 rings (SSSR count). The number of benzene rings is 1. The minimum absolute atomic E-state index is 0. The van der Waals surface area contributed by atoms with Crippen molar-refractivity contribution in [2.75, 3.05) is 26.7 Å². The van der Waals surface area contributed by atoms with Crippen LogP contribution >= 0.6 is 35.3 Å². The molecule has 0 bridgehead atoms. The Kier molecular flexibility index (Phi) is 11.2. The van der Waals surface area contributed by atoms with E-state index in [4.69, 9.17) is 0 Å². The van der Waals surface area contributed by atoms with Crippen LogP contribution in [0.2, 0.25) is 0 Å². The minimum atomic E-state index is -1.02. The lowest BCUT2D eigenvalue weighted by atomic mass is 10.00. The molecule has 1 atom stereocenters. The molecular weight excluding hydrogens is 499 g/mol. The van der Waals surface area contributed by atoms with Crippen LogP contribution in [0.1, 0.15) is 31.4 Å². The van der Waals surface area contributed by atoms with Gasteiger partial charge in [0, 0.05) is 33.1 Å². The summed E-state index contributed by atoms with van der Waals surface area (Å²) in [5, 5.41) is 20.8. The highest BCUT2D eigenvalue weighted by Gasteiger charge is 2.23. The van der Waals surface area contributed by atoms with E-state index in [1.807, 2.05) is 61.1 Å². The van der Waals surface area contributed by atoms with Crippen LogP contribution in [0.4, 0.5) is 0 Å². The molecule has 0 saturated carbocycles. The largest absolute Gasteiger partial charge is 0.383 e. The number of aliphatic imine (C=N–C) groups is 1. The Hall–Kier alpha value is -1.65. The summed E-state index contributed by atoms with van der Waals surface area (Å²) in [5.74, 6) is 0.661. The normalized spacial score (nSPS) is 13.2. The van der Waals surface area contributed by atoms with Crippen LogP contribution < -0.4 is 10.6 Å². The molecule has 0 aliphatic carbocycles. The van der Waals surface area contributed by atoms with Crippen LogP contribution in [0.3, 0.4) is 0 Å². The second-order valence-corrected chi connectivity index (χ2v) is 7.67. The number of carbonyl (C=O) groups is 1. The Morgan fingerprint density at radius 3 is 2.59 bits per heavy atom. The first-order valence-corrected chi connectivity index (χ1v) is 10.4. The quantitative estimate of drug-likeness (QED) is 0.265. The maximum Gasteiger partial charge on any atom is 0.224 e. The summed E-state index contributed by atoms with van der Waals surface area (Å²) in [4.78, 5) is 18.5. The van der Waals surface area contributed by atoms with Crippen LogP contribution in [0, 0.1) is 0 Å². The van der Waals surface area contributed by atoms with Gasteiger partial charge in [0.25, 0.3) is 0 Å². The highest BCUT2D eigenvalue weighted by atomic mass is 127. The first-order valence-electron chi connectivity index (χ1n) is 9.47. The average Bonchev–Trinajstić information content (AvgIpc) is 3.22. The van der Waals surface area contributed by atoms with Crippen molar-refractivity contribution in [3.05, 3.63) is 58.3 Å². The number of halogens is 1.